The Morgan fingerprint density at radius 2 is 1.85 bits per heavy atom. The van der Waals surface area contributed by atoms with Crippen LogP contribution in [0.3, 0.4) is 0 Å². The molecule has 0 fully saturated rings. The Labute approximate surface area is 158 Å². The molecule has 0 bridgehead atoms. The Morgan fingerprint density at radius 1 is 1.15 bits per heavy atom. The summed E-state index contributed by atoms with van der Waals surface area (Å²) in [7, 11) is 1.58. The molecule has 0 amide bonds. The fraction of sp³-hybridized carbons (Fsp3) is 0.350. The minimum absolute atomic E-state index is 0.405. The minimum Gasteiger partial charge on any atom is -0.493 e. The zero-order valence-electron chi connectivity index (χ0n) is 15.0. The molecule has 2 aromatic carbocycles. The van der Waals surface area contributed by atoms with E-state index < -0.39 is 12.0 Å². The van der Waals surface area contributed by atoms with E-state index in [-0.39, 0.29) is 0 Å². The second kappa shape index (κ2) is 10.0. The molecule has 0 aliphatic heterocycles. The van der Waals surface area contributed by atoms with Crippen LogP contribution in [0.4, 0.5) is 0 Å². The van der Waals surface area contributed by atoms with Gasteiger partial charge in [0.25, 0.3) is 0 Å². The summed E-state index contributed by atoms with van der Waals surface area (Å²) in [5, 5.41) is 13.0. The first-order valence-corrected chi connectivity index (χ1v) is 8.91. The number of methoxy groups -OCH3 is 1. The van der Waals surface area contributed by atoms with Gasteiger partial charge in [-0.1, -0.05) is 43.1 Å². The van der Waals surface area contributed by atoms with Gasteiger partial charge in [0.1, 0.15) is 12.6 Å². The summed E-state index contributed by atoms with van der Waals surface area (Å²) < 4.78 is 11.2. The number of carboxylic acids is 1. The van der Waals surface area contributed by atoms with Crippen molar-refractivity contribution in [2.75, 3.05) is 7.11 Å². The monoisotopic (exact) mass is 377 g/mol. The van der Waals surface area contributed by atoms with E-state index in [9.17, 15) is 9.90 Å². The zero-order valence-corrected chi connectivity index (χ0v) is 15.8. The lowest BCUT2D eigenvalue weighted by atomic mass is 10.1. The summed E-state index contributed by atoms with van der Waals surface area (Å²) in [6.45, 7) is 2.82. The standard InChI is InChI=1S/C20H24ClNO4/c1-3-4-17(20(23)24)22-12-15-7-10-18(19(11-15)25-2)26-13-14-5-8-16(21)9-6-14/h5-11,17,22H,3-4,12-13H2,1-2H3,(H,23,24). The van der Waals surface area contributed by atoms with Crippen molar-refractivity contribution in [3.05, 3.63) is 58.6 Å². The van der Waals surface area contributed by atoms with Crippen LogP contribution < -0.4 is 14.8 Å². The number of halogens is 1. The number of carboxylic acid groups (broad SMARTS) is 1. The van der Waals surface area contributed by atoms with Crippen LogP contribution in [-0.4, -0.2) is 24.2 Å². The van der Waals surface area contributed by atoms with Crippen molar-refractivity contribution in [3.63, 3.8) is 0 Å². The maximum Gasteiger partial charge on any atom is 0.320 e. The summed E-state index contributed by atoms with van der Waals surface area (Å²) in [5.74, 6) is 0.414. The van der Waals surface area contributed by atoms with Gasteiger partial charge in [0.2, 0.25) is 0 Å². The highest BCUT2D eigenvalue weighted by molar-refractivity contribution is 6.30. The highest BCUT2D eigenvalue weighted by Crippen LogP contribution is 2.29. The Bertz CT molecular complexity index is 718. The van der Waals surface area contributed by atoms with Crippen LogP contribution in [0.15, 0.2) is 42.5 Å². The number of benzene rings is 2. The number of carbonyl (C=O) groups is 1. The van der Waals surface area contributed by atoms with E-state index in [0.717, 1.165) is 17.5 Å². The summed E-state index contributed by atoms with van der Waals surface area (Å²) in [6, 6.07) is 12.5. The number of ether oxygens (including phenoxy) is 2. The fourth-order valence-corrected chi connectivity index (χ4v) is 2.65. The molecule has 2 N–H and O–H groups in total. The van der Waals surface area contributed by atoms with Gasteiger partial charge >= 0.3 is 5.97 Å². The Hall–Kier alpha value is -2.24. The number of rotatable bonds is 10. The topological polar surface area (TPSA) is 67.8 Å². The molecule has 0 saturated heterocycles. The maximum absolute atomic E-state index is 11.2. The van der Waals surface area contributed by atoms with Gasteiger partial charge in [0.05, 0.1) is 7.11 Å². The molecule has 0 radical (unpaired) electrons. The van der Waals surface area contributed by atoms with E-state index in [1.165, 1.54) is 0 Å². The number of hydrogen-bond donors (Lipinski definition) is 2. The molecule has 0 heterocycles. The van der Waals surface area contributed by atoms with E-state index in [4.69, 9.17) is 21.1 Å². The van der Waals surface area contributed by atoms with E-state index in [0.29, 0.717) is 36.1 Å². The average Bonchev–Trinajstić information content (AvgIpc) is 2.64. The van der Waals surface area contributed by atoms with E-state index >= 15 is 0 Å². The molecule has 6 heteroatoms. The predicted molar refractivity (Wildman–Crippen MR) is 102 cm³/mol. The number of aliphatic carboxylic acids is 1. The molecule has 1 atom stereocenters. The lowest BCUT2D eigenvalue weighted by Crippen LogP contribution is -2.35. The van der Waals surface area contributed by atoms with Gasteiger partial charge in [-0.05, 0) is 41.8 Å². The van der Waals surface area contributed by atoms with Crippen molar-refractivity contribution in [2.24, 2.45) is 0 Å². The minimum atomic E-state index is -0.832. The largest absolute Gasteiger partial charge is 0.493 e. The van der Waals surface area contributed by atoms with Gasteiger partial charge in [-0.2, -0.15) is 0 Å². The summed E-state index contributed by atoms with van der Waals surface area (Å²) in [6.07, 6.45) is 1.40. The third kappa shape index (κ3) is 5.93. The van der Waals surface area contributed by atoms with Gasteiger partial charge in [-0.25, -0.2) is 0 Å². The van der Waals surface area contributed by atoms with Crippen molar-refractivity contribution in [2.45, 2.75) is 39.0 Å². The molecule has 0 spiro atoms. The van der Waals surface area contributed by atoms with Crippen molar-refractivity contribution >= 4 is 17.6 Å². The van der Waals surface area contributed by atoms with Crippen molar-refractivity contribution in [1.29, 1.82) is 0 Å². The maximum atomic E-state index is 11.2. The molecule has 0 aromatic heterocycles. The first-order chi connectivity index (χ1) is 12.5. The molecule has 0 aliphatic carbocycles. The van der Waals surface area contributed by atoms with Crippen LogP contribution in [0, 0.1) is 0 Å². The van der Waals surface area contributed by atoms with Crippen molar-refractivity contribution < 1.29 is 19.4 Å². The molecule has 140 valence electrons. The van der Waals surface area contributed by atoms with Crippen LogP contribution >= 0.6 is 11.6 Å². The summed E-state index contributed by atoms with van der Waals surface area (Å²) in [4.78, 5) is 11.2. The van der Waals surface area contributed by atoms with Gasteiger partial charge in [-0.15, -0.1) is 0 Å². The van der Waals surface area contributed by atoms with Crippen LogP contribution in [-0.2, 0) is 17.9 Å². The first kappa shape index (κ1) is 20.1. The zero-order chi connectivity index (χ0) is 18.9. The van der Waals surface area contributed by atoms with Crippen LogP contribution in [0.25, 0.3) is 0 Å². The fourth-order valence-electron chi connectivity index (χ4n) is 2.53. The molecule has 1 unspecified atom stereocenters. The molecule has 5 nitrogen and oxygen atoms in total. The highest BCUT2D eigenvalue weighted by Gasteiger charge is 2.15. The second-order valence-electron chi connectivity index (χ2n) is 5.96. The van der Waals surface area contributed by atoms with Crippen LogP contribution in [0.5, 0.6) is 11.5 Å². The van der Waals surface area contributed by atoms with Crippen molar-refractivity contribution in [1.82, 2.24) is 5.32 Å². The number of hydrogen-bond acceptors (Lipinski definition) is 4. The van der Waals surface area contributed by atoms with Gasteiger partial charge in [0.15, 0.2) is 11.5 Å². The van der Waals surface area contributed by atoms with E-state index in [2.05, 4.69) is 5.32 Å². The lowest BCUT2D eigenvalue weighted by Gasteiger charge is -2.15. The quantitative estimate of drug-likeness (QED) is 0.647. The smallest absolute Gasteiger partial charge is 0.320 e. The SMILES string of the molecule is CCCC(NCc1ccc(OCc2ccc(Cl)cc2)c(OC)c1)C(=O)O. The molecule has 0 saturated carbocycles. The summed E-state index contributed by atoms with van der Waals surface area (Å²) >= 11 is 5.88. The Morgan fingerprint density at radius 3 is 2.46 bits per heavy atom. The van der Waals surface area contributed by atoms with E-state index in [1.807, 2.05) is 49.4 Å². The van der Waals surface area contributed by atoms with Gasteiger partial charge in [0, 0.05) is 11.6 Å². The molecule has 2 aromatic rings. The first-order valence-electron chi connectivity index (χ1n) is 8.53. The Balaban J connectivity index is 1.99. The van der Waals surface area contributed by atoms with Gasteiger partial charge < -0.3 is 19.9 Å². The third-order valence-corrected chi connectivity index (χ3v) is 4.22. The van der Waals surface area contributed by atoms with Crippen LogP contribution in [0.2, 0.25) is 5.02 Å². The normalized spacial score (nSPS) is 11.8. The van der Waals surface area contributed by atoms with Gasteiger partial charge in [-0.3, -0.25) is 4.79 Å². The predicted octanol–water partition coefficient (Wildman–Crippen LogP) is 4.27. The molecule has 26 heavy (non-hydrogen) atoms. The van der Waals surface area contributed by atoms with Crippen molar-refractivity contribution in [3.8, 4) is 11.5 Å². The molecule has 0 aliphatic rings. The third-order valence-electron chi connectivity index (χ3n) is 3.96. The summed E-state index contributed by atoms with van der Waals surface area (Å²) in [5.41, 5.74) is 1.94. The Kier molecular flexibility index (Phi) is 7.75. The lowest BCUT2D eigenvalue weighted by molar-refractivity contribution is -0.139. The average molecular weight is 378 g/mol. The van der Waals surface area contributed by atoms with Crippen LogP contribution in [0.1, 0.15) is 30.9 Å². The molecule has 2 rings (SSSR count). The number of nitrogens with one attached hydrogen (secondary N) is 1. The molecular weight excluding hydrogens is 354 g/mol. The molecular formula is C20H24ClNO4. The second-order valence-corrected chi connectivity index (χ2v) is 6.40. The highest BCUT2D eigenvalue weighted by atomic mass is 35.5. The van der Waals surface area contributed by atoms with E-state index in [1.54, 1.807) is 7.11 Å².